The van der Waals surface area contributed by atoms with Gasteiger partial charge in [0.15, 0.2) is 0 Å². The molecule has 5 heteroatoms. The lowest BCUT2D eigenvalue weighted by molar-refractivity contribution is 0.553. The van der Waals surface area contributed by atoms with Crippen LogP contribution in [0.15, 0.2) is 51.4 Å². The molecular weight excluding hydrogens is 370 g/mol. The summed E-state index contributed by atoms with van der Waals surface area (Å²) in [5.41, 5.74) is 11.8. The summed E-state index contributed by atoms with van der Waals surface area (Å²) in [4.78, 5) is 0. The van der Waals surface area contributed by atoms with Crippen LogP contribution in [0.1, 0.15) is 17.2 Å². The Morgan fingerprint density at radius 1 is 1.05 bits per heavy atom. The second-order valence-corrected chi connectivity index (χ2v) is 6.16. The second kappa shape index (κ2) is 6.52. The maximum Gasteiger partial charge on any atom is 0.0521 e. The van der Waals surface area contributed by atoms with Gasteiger partial charge < -0.3 is 5.73 Å². The van der Waals surface area contributed by atoms with Gasteiger partial charge in [-0.15, -0.1) is 0 Å². The van der Waals surface area contributed by atoms with Crippen molar-refractivity contribution in [1.29, 1.82) is 0 Å². The highest BCUT2D eigenvalue weighted by Gasteiger charge is 2.14. The van der Waals surface area contributed by atoms with Gasteiger partial charge in [0.2, 0.25) is 0 Å². The van der Waals surface area contributed by atoms with Gasteiger partial charge in [0, 0.05) is 14.6 Å². The van der Waals surface area contributed by atoms with Gasteiger partial charge in [-0.05, 0) is 47.9 Å². The van der Waals surface area contributed by atoms with Crippen LogP contribution in [0.5, 0.6) is 0 Å². The summed E-state index contributed by atoms with van der Waals surface area (Å²) in [5, 5.41) is 0. The summed E-state index contributed by atoms with van der Waals surface area (Å²) in [7, 11) is 0. The highest BCUT2D eigenvalue weighted by Crippen LogP contribution is 2.27. The quantitative estimate of drug-likeness (QED) is 0.429. The molecule has 0 spiro atoms. The van der Waals surface area contributed by atoms with E-state index in [0.29, 0.717) is 0 Å². The lowest BCUT2D eigenvalue weighted by Crippen LogP contribution is -2.30. The molecule has 0 saturated carbocycles. The summed E-state index contributed by atoms with van der Waals surface area (Å²) in [6.07, 6.45) is 0.774. The maximum atomic E-state index is 6.02. The summed E-state index contributed by atoms with van der Waals surface area (Å²) < 4.78 is 2.05. The minimum Gasteiger partial charge on any atom is -0.398 e. The molecule has 0 aromatic heterocycles. The van der Waals surface area contributed by atoms with Crippen molar-refractivity contribution in [3.05, 3.63) is 62.5 Å². The third-order valence-electron chi connectivity index (χ3n) is 2.95. The number of hydrazine groups is 1. The minimum absolute atomic E-state index is 0.0215. The predicted octanol–water partition coefficient (Wildman–Crippen LogP) is 3.54. The molecule has 0 fully saturated rings. The van der Waals surface area contributed by atoms with E-state index >= 15 is 0 Å². The average molecular weight is 385 g/mol. The molecule has 0 bridgehead atoms. The van der Waals surface area contributed by atoms with Crippen LogP contribution in [-0.2, 0) is 6.42 Å². The van der Waals surface area contributed by atoms with E-state index in [9.17, 15) is 0 Å². The van der Waals surface area contributed by atoms with Crippen LogP contribution in [0, 0.1) is 0 Å². The molecule has 2 rings (SSSR count). The van der Waals surface area contributed by atoms with Crippen LogP contribution in [0.3, 0.4) is 0 Å². The van der Waals surface area contributed by atoms with Crippen molar-refractivity contribution < 1.29 is 0 Å². The summed E-state index contributed by atoms with van der Waals surface area (Å²) >= 11 is 6.93. The Hall–Kier alpha value is -0.880. The fourth-order valence-electron chi connectivity index (χ4n) is 2.01. The Labute approximate surface area is 129 Å². The third-order valence-corrected chi connectivity index (χ3v) is 3.94. The second-order valence-electron chi connectivity index (χ2n) is 4.33. The van der Waals surface area contributed by atoms with E-state index in [1.54, 1.807) is 0 Å². The molecule has 0 heterocycles. The van der Waals surface area contributed by atoms with E-state index in [1.807, 2.05) is 30.3 Å². The molecule has 1 atom stereocenters. The summed E-state index contributed by atoms with van der Waals surface area (Å²) in [5.74, 6) is 5.68. The van der Waals surface area contributed by atoms with Gasteiger partial charge in [-0.1, -0.05) is 44.0 Å². The normalized spacial score (nSPS) is 12.4. The van der Waals surface area contributed by atoms with Crippen LogP contribution in [0.2, 0.25) is 0 Å². The number of nitrogens with one attached hydrogen (secondary N) is 1. The Bertz CT molecular complexity index is 572. The number of nitrogens with two attached hydrogens (primary N) is 2. The van der Waals surface area contributed by atoms with Crippen molar-refractivity contribution >= 4 is 37.5 Å². The molecule has 5 N–H and O–H groups in total. The smallest absolute Gasteiger partial charge is 0.0521 e. The van der Waals surface area contributed by atoms with Gasteiger partial charge >= 0.3 is 0 Å². The minimum atomic E-state index is -0.0215. The van der Waals surface area contributed by atoms with Crippen LogP contribution in [-0.4, -0.2) is 0 Å². The molecule has 0 amide bonds. The molecule has 1 unspecified atom stereocenters. The first kappa shape index (κ1) is 14.5. The average Bonchev–Trinajstić information content (AvgIpc) is 2.39. The number of anilines is 1. The third kappa shape index (κ3) is 3.79. The number of benzene rings is 2. The van der Waals surface area contributed by atoms with Crippen LogP contribution >= 0.6 is 31.9 Å². The van der Waals surface area contributed by atoms with Crippen LogP contribution in [0.4, 0.5) is 5.69 Å². The molecular formula is C14H15Br2N3. The van der Waals surface area contributed by atoms with E-state index in [4.69, 9.17) is 11.6 Å². The molecule has 0 saturated heterocycles. The Balaban J connectivity index is 2.27. The van der Waals surface area contributed by atoms with Gasteiger partial charge in [0.25, 0.3) is 0 Å². The molecule has 2 aromatic carbocycles. The van der Waals surface area contributed by atoms with E-state index < -0.39 is 0 Å². The van der Waals surface area contributed by atoms with Gasteiger partial charge in [0.1, 0.15) is 0 Å². The molecule has 2 aromatic rings. The first-order valence-electron chi connectivity index (χ1n) is 5.85. The Kier molecular flexibility index (Phi) is 4.99. The van der Waals surface area contributed by atoms with Crippen molar-refractivity contribution in [3.63, 3.8) is 0 Å². The fourth-order valence-corrected chi connectivity index (χ4v) is 2.83. The lowest BCUT2D eigenvalue weighted by atomic mass is 9.98. The van der Waals surface area contributed by atoms with E-state index in [1.165, 1.54) is 5.56 Å². The van der Waals surface area contributed by atoms with Crippen LogP contribution in [0.25, 0.3) is 0 Å². The maximum absolute atomic E-state index is 6.02. The zero-order valence-corrected chi connectivity index (χ0v) is 13.4. The van der Waals surface area contributed by atoms with Gasteiger partial charge in [-0.25, -0.2) is 0 Å². The number of hydrogen-bond donors (Lipinski definition) is 3. The number of rotatable bonds is 4. The molecule has 0 aliphatic heterocycles. The van der Waals surface area contributed by atoms with E-state index in [2.05, 4.69) is 49.4 Å². The van der Waals surface area contributed by atoms with E-state index in [-0.39, 0.29) is 6.04 Å². The van der Waals surface area contributed by atoms with Crippen molar-refractivity contribution in [2.45, 2.75) is 12.5 Å². The highest BCUT2D eigenvalue weighted by atomic mass is 79.9. The van der Waals surface area contributed by atoms with Gasteiger partial charge in [-0.3, -0.25) is 11.3 Å². The zero-order chi connectivity index (χ0) is 13.8. The molecule has 0 aliphatic rings. The van der Waals surface area contributed by atoms with Gasteiger partial charge in [-0.2, -0.15) is 0 Å². The predicted molar refractivity (Wildman–Crippen MR) is 86.5 cm³/mol. The molecule has 100 valence electrons. The standard InChI is InChI=1S/C14H15Br2N3/c15-10-3-1-2-9(6-10)7-14(19-18)12-8-11(16)4-5-13(12)17/h1-6,8,14,19H,7,17-18H2. The van der Waals surface area contributed by atoms with E-state index in [0.717, 1.165) is 26.6 Å². The SMILES string of the molecule is NNC(Cc1cccc(Br)c1)c1cc(Br)ccc1N. The van der Waals surface area contributed by atoms with Crippen molar-refractivity contribution in [3.8, 4) is 0 Å². The van der Waals surface area contributed by atoms with Gasteiger partial charge in [0.05, 0.1) is 6.04 Å². The zero-order valence-electron chi connectivity index (χ0n) is 10.2. The first-order valence-corrected chi connectivity index (χ1v) is 7.44. The largest absolute Gasteiger partial charge is 0.398 e. The highest BCUT2D eigenvalue weighted by molar-refractivity contribution is 9.10. The molecule has 19 heavy (non-hydrogen) atoms. The number of hydrogen-bond acceptors (Lipinski definition) is 3. The number of halogens is 2. The van der Waals surface area contributed by atoms with Crippen LogP contribution < -0.4 is 17.0 Å². The van der Waals surface area contributed by atoms with Crippen molar-refractivity contribution in [2.75, 3.05) is 5.73 Å². The molecule has 3 nitrogen and oxygen atoms in total. The van der Waals surface area contributed by atoms with Crippen molar-refractivity contribution in [2.24, 2.45) is 5.84 Å². The number of nitrogen functional groups attached to an aromatic ring is 1. The Morgan fingerprint density at radius 3 is 2.47 bits per heavy atom. The first-order chi connectivity index (χ1) is 9.10. The lowest BCUT2D eigenvalue weighted by Gasteiger charge is -2.19. The Morgan fingerprint density at radius 2 is 1.79 bits per heavy atom. The topological polar surface area (TPSA) is 64.1 Å². The van der Waals surface area contributed by atoms with Crippen molar-refractivity contribution in [1.82, 2.24) is 5.43 Å². The molecule has 0 aliphatic carbocycles. The molecule has 0 radical (unpaired) electrons. The fraction of sp³-hybridized carbons (Fsp3) is 0.143. The summed E-state index contributed by atoms with van der Waals surface area (Å²) in [6, 6.07) is 13.9. The summed E-state index contributed by atoms with van der Waals surface area (Å²) in [6.45, 7) is 0. The monoisotopic (exact) mass is 383 g/mol.